The summed E-state index contributed by atoms with van der Waals surface area (Å²) >= 11 is 0. The van der Waals surface area contributed by atoms with Crippen molar-refractivity contribution in [3.05, 3.63) is 60.3 Å². The fraction of sp³-hybridized carbons (Fsp3) is 0.217. The van der Waals surface area contributed by atoms with E-state index in [1.807, 2.05) is 54.7 Å². The lowest BCUT2D eigenvalue weighted by Gasteiger charge is -2.20. The molecule has 2 aliphatic rings. The van der Waals surface area contributed by atoms with Gasteiger partial charge in [0.1, 0.15) is 24.1 Å². The Kier molecular flexibility index (Phi) is 4.74. The number of carbonyl (C=O) groups excluding carboxylic acids is 2. The van der Waals surface area contributed by atoms with Gasteiger partial charge in [0, 0.05) is 43.1 Å². The van der Waals surface area contributed by atoms with E-state index in [1.165, 1.54) is 4.90 Å². The number of carbonyl (C=O) groups is 2. The summed E-state index contributed by atoms with van der Waals surface area (Å²) in [5.41, 5.74) is 3.82. The zero-order valence-electron chi connectivity index (χ0n) is 17.0. The van der Waals surface area contributed by atoms with Crippen molar-refractivity contribution < 1.29 is 14.3 Å². The molecule has 5 rings (SSSR count). The maximum absolute atomic E-state index is 13.0. The lowest BCUT2D eigenvalue weighted by molar-refractivity contribution is -0.124. The fourth-order valence-electron chi connectivity index (χ4n) is 3.84. The summed E-state index contributed by atoms with van der Waals surface area (Å²) in [6.45, 7) is 0.0408. The second-order valence-electron chi connectivity index (χ2n) is 7.67. The van der Waals surface area contributed by atoms with E-state index in [0.29, 0.717) is 30.0 Å². The number of fused-ring (bicyclic) bond motifs is 2. The highest BCUT2D eigenvalue weighted by Gasteiger charge is 2.32. The summed E-state index contributed by atoms with van der Waals surface area (Å²) in [5.74, 6) is -0.0551. The Morgan fingerprint density at radius 3 is 2.90 bits per heavy atom. The van der Waals surface area contributed by atoms with Gasteiger partial charge >= 0.3 is 0 Å². The molecule has 2 aliphatic heterocycles. The molecule has 0 aliphatic carbocycles. The number of amides is 2. The number of ether oxygens (including phenoxy) is 1. The Hall–Kier alpha value is -3.94. The van der Waals surface area contributed by atoms with E-state index >= 15 is 0 Å². The Morgan fingerprint density at radius 2 is 2.06 bits per heavy atom. The summed E-state index contributed by atoms with van der Waals surface area (Å²) in [5, 5.41) is 11.9. The van der Waals surface area contributed by atoms with Crippen LogP contribution in [0.4, 0.5) is 5.69 Å². The van der Waals surface area contributed by atoms with Crippen LogP contribution in [0.15, 0.2) is 64.9 Å². The van der Waals surface area contributed by atoms with Crippen LogP contribution in [0.1, 0.15) is 12.0 Å². The number of anilines is 1. The summed E-state index contributed by atoms with van der Waals surface area (Å²) in [7, 11) is 1.68. The number of aromatic nitrogens is 1. The third-order valence-electron chi connectivity index (χ3n) is 5.53. The fourth-order valence-corrected chi connectivity index (χ4v) is 3.84. The summed E-state index contributed by atoms with van der Waals surface area (Å²) in [6, 6.07) is 14.8. The van der Waals surface area contributed by atoms with Gasteiger partial charge < -0.3 is 19.9 Å². The molecule has 1 aromatic heterocycles. The van der Waals surface area contributed by atoms with Crippen molar-refractivity contribution in [2.24, 2.45) is 10.2 Å². The highest BCUT2D eigenvalue weighted by atomic mass is 16.5. The van der Waals surface area contributed by atoms with Crippen LogP contribution in [0.5, 0.6) is 5.75 Å². The van der Waals surface area contributed by atoms with Crippen LogP contribution in [0.3, 0.4) is 0 Å². The molecule has 8 nitrogen and oxygen atoms in total. The first-order chi connectivity index (χ1) is 15.1. The molecule has 2 N–H and O–H groups in total. The summed E-state index contributed by atoms with van der Waals surface area (Å²) < 4.78 is 5.88. The smallest absolute Gasteiger partial charge is 0.268 e. The maximum Gasteiger partial charge on any atom is 0.268 e. The lowest BCUT2D eigenvalue weighted by atomic mass is 10.0. The molecule has 3 aromatic rings. The van der Waals surface area contributed by atoms with Crippen molar-refractivity contribution in [2.45, 2.75) is 18.9 Å². The average Bonchev–Trinajstić information content (AvgIpc) is 3.42. The zero-order valence-corrected chi connectivity index (χ0v) is 17.0. The Morgan fingerprint density at radius 1 is 1.23 bits per heavy atom. The molecule has 2 aromatic carbocycles. The van der Waals surface area contributed by atoms with E-state index in [4.69, 9.17) is 4.74 Å². The van der Waals surface area contributed by atoms with Crippen molar-refractivity contribution in [2.75, 3.05) is 18.6 Å². The minimum Gasteiger partial charge on any atom is -0.489 e. The van der Waals surface area contributed by atoms with Crippen molar-refractivity contribution in [3.63, 3.8) is 0 Å². The van der Waals surface area contributed by atoms with Crippen LogP contribution >= 0.6 is 0 Å². The van der Waals surface area contributed by atoms with E-state index in [2.05, 4.69) is 20.5 Å². The number of hydrogen-bond acceptors (Lipinski definition) is 5. The maximum atomic E-state index is 13.0. The molecule has 8 heteroatoms. The standard InChI is InChI=1S/C23H21N5O3/c1-28-20-10-15-7-8-24-17(15)12-21(20)31-13-19(23(28)30)25-22(29)18-11-16(26-27-18)9-14-5-3-2-4-6-14/h2-8,10,12,19,24H,9,11,13H2,1H3,(H,25,29)/t19-/m0/s1. The van der Waals surface area contributed by atoms with Gasteiger partial charge in [-0.25, -0.2) is 0 Å². The van der Waals surface area contributed by atoms with Crippen LogP contribution in [-0.4, -0.2) is 47.9 Å². The first kappa shape index (κ1) is 19.0. The van der Waals surface area contributed by atoms with Gasteiger partial charge in [-0.05, 0) is 17.7 Å². The van der Waals surface area contributed by atoms with Gasteiger partial charge in [0.25, 0.3) is 11.8 Å². The highest BCUT2D eigenvalue weighted by Crippen LogP contribution is 2.34. The molecule has 0 saturated carbocycles. The number of nitrogens with one attached hydrogen (secondary N) is 2. The molecule has 0 fully saturated rings. The number of benzene rings is 2. The molecule has 0 unspecified atom stereocenters. The van der Waals surface area contributed by atoms with Crippen LogP contribution in [0, 0.1) is 0 Å². The number of hydrogen-bond donors (Lipinski definition) is 2. The Bertz CT molecular complexity index is 1230. The number of likely N-dealkylation sites (N-methyl/N-ethyl adjacent to an activating group) is 1. The predicted octanol–water partition coefficient (Wildman–Crippen LogP) is 2.45. The van der Waals surface area contributed by atoms with Gasteiger partial charge in [-0.15, -0.1) is 5.10 Å². The quantitative estimate of drug-likeness (QED) is 0.685. The van der Waals surface area contributed by atoms with Crippen LogP contribution in [0.25, 0.3) is 10.9 Å². The predicted molar refractivity (Wildman–Crippen MR) is 119 cm³/mol. The van der Waals surface area contributed by atoms with Gasteiger partial charge in [-0.2, -0.15) is 5.10 Å². The second kappa shape index (κ2) is 7.71. The van der Waals surface area contributed by atoms with E-state index < -0.39 is 11.9 Å². The van der Waals surface area contributed by atoms with Gasteiger partial charge in [0.2, 0.25) is 0 Å². The summed E-state index contributed by atoms with van der Waals surface area (Å²) in [6.07, 6.45) is 2.84. The van der Waals surface area contributed by atoms with Crippen molar-refractivity contribution >= 4 is 39.8 Å². The largest absolute Gasteiger partial charge is 0.489 e. The molecule has 31 heavy (non-hydrogen) atoms. The Balaban J connectivity index is 1.25. The monoisotopic (exact) mass is 415 g/mol. The van der Waals surface area contributed by atoms with Crippen LogP contribution < -0.4 is 15.0 Å². The third kappa shape index (κ3) is 3.68. The van der Waals surface area contributed by atoms with Crippen molar-refractivity contribution in [3.8, 4) is 5.75 Å². The second-order valence-corrected chi connectivity index (χ2v) is 7.67. The van der Waals surface area contributed by atoms with Gasteiger partial charge in [-0.3, -0.25) is 9.59 Å². The van der Waals surface area contributed by atoms with E-state index in [1.54, 1.807) is 7.05 Å². The van der Waals surface area contributed by atoms with Gasteiger partial charge in [0.15, 0.2) is 0 Å². The van der Waals surface area contributed by atoms with Gasteiger partial charge in [0.05, 0.1) is 11.4 Å². The number of aromatic amines is 1. The first-order valence-corrected chi connectivity index (χ1v) is 10.1. The normalized spacial score (nSPS) is 18.2. The van der Waals surface area contributed by atoms with E-state index in [9.17, 15) is 9.59 Å². The summed E-state index contributed by atoms with van der Waals surface area (Å²) in [4.78, 5) is 30.4. The minimum atomic E-state index is -0.816. The molecule has 156 valence electrons. The third-order valence-corrected chi connectivity index (χ3v) is 5.53. The zero-order chi connectivity index (χ0) is 21.4. The van der Waals surface area contributed by atoms with Crippen LogP contribution in [-0.2, 0) is 16.0 Å². The number of nitrogens with zero attached hydrogens (tertiary/aromatic N) is 3. The molecular weight excluding hydrogens is 394 g/mol. The van der Waals surface area contributed by atoms with E-state index in [0.717, 1.165) is 22.2 Å². The van der Waals surface area contributed by atoms with E-state index in [-0.39, 0.29) is 12.5 Å². The Labute approximate surface area is 178 Å². The molecule has 0 saturated heterocycles. The molecule has 0 radical (unpaired) electrons. The molecule has 0 spiro atoms. The molecule has 3 heterocycles. The molecule has 1 atom stereocenters. The highest BCUT2D eigenvalue weighted by molar-refractivity contribution is 6.43. The number of H-pyrrole nitrogens is 1. The minimum absolute atomic E-state index is 0.0408. The average molecular weight is 415 g/mol. The first-order valence-electron chi connectivity index (χ1n) is 10.1. The number of rotatable bonds is 4. The molecular formula is C23H21N5O3. The lowest BCUT2D eigenvalue weighted by Crippen LogP contribution is -2.51. The topological polar surface area (TPSA) is 99.2 Å². The SMILES string of the molecule is CN1C(=O)[C@@H](NC(=O)C2=NN=C(Cc3ccccc3)C2)COc2cc3[nH]ccc3cc21. The molecule has 0 bridgehead atoms. The van der Waals surface area contributed by atoms with Crippen LogP contribution in [0.2, 0.25) is 0 Å². The van der Waals surface area contributed by atoms with Gasteiger partial charge in [-0.1, -0.05) is 30.3 Å². The van der Waals surface area contributed by atoms with Crippen molar-refractivity contribution in [1.82, 2.24) is 10.3 Å². The van der Waals surface area contributed by atoms with Crippen molar-refractivity contribution in [1.29, 1.82) is 0 Å². The molecule has 2 amide bonds.